The van der Waals surface area contributed by atoms with Crippen LogP contribution in [0.5, 0.6) is 0 Å². The van der Waals surface area contributed by atoms with Gasteiger partial charge in [-0.15, -0.1) is 11.3 Å². The molecule has 2 aromatic rings. The molecule has 0 unspecified atom stereocenters. The highest BCUT2D eigenvalue weighted by molar-refractivity contribution is 7.18. The van der Waals surface area contributed by atoms with Gasteiger partial charge in [-0.1, -0.05) is 23.2 Å². The van der Waals surface area contributed by atoms with Gasteiger partial charge in [0, 0.05) is 16.3 Å². The zero-order valence-corrected chi connectivity index (χ0v) is 12.8. The fourth-order valence-electron chi connectivity index (χ4n) is 1.59. The second-order valence-electron chi connectivity index (χ2n) is 4.11. The van der Waals surface area contributed by atoms with Crippen LogP contribution in [0.15, 0.2) is 30.3 Å². The predicted molar refractivity (Wildman–Crippen MR) is 79.1 cm³/mol. The highest BCUT2D eigenvalue weighted by Crippen LogP contribution is 2.27. The van der Waals surface area contributed by atoms with E-state index in [1.165, 1.54) is 18.2 Å². The molecule has 0 saturated heterocycles. The van der Waals surface area contributed by atoms with Crippen LogP contribution in [-0.2, 0) is 0 Å². The third-order valence-corrected chi connectivity index (χ3v) is 3.92. The summed E-state index contributed by atoms with van der Waals surface area (Å²) in [6, 6.07) is 6.01. The first-order valence-corrected chi connectivity index (χ1v) is 7.23. The van der Waals surface area contributed by atoms with Crippen molar-refractivity contribution >= 4 is 51.9 Å². The molecule has 0 aliphatic carbocycles. The molecule has 1 heterocycles. The van der Waals surface area contributed by atoms with Gasteiger partial charge in [0.2, 0.25) is 0 Å². The van der Waals surface area contributed by atoms with Gasteiger partial charge in [-0.3, -0.25) is 9.59 Å². The van der Waals surface area contributed by atoms with Crippen LogP contribution in [-0.4, -0.2) is 17.9 Å². The Hall–Kier alpha value is -1.57. The summed E-state index contributed by atoms with van der Waals surface area (Å²) in [5.41, 5.74) is -0.672. The summed E-state index contributed by atoms with van der Waals surface area (Å²) in [5, 5.41) is 2.27. The van der Waals surface area contributed by atoms with Gasteiger partial charge in [0.25, 0.3) is 11.7 Å². The maximum absolute atomic E-state index is 12.4. The summed E-state index contributed by atoms with van der Waals surface area (Å²) in [4.78, 5) is 23.4. The molecule has 0 saturated carbocycles. The lowest BCUT2D eigenvalue weighted by atomic mass is 10.1. The number of carbonyl (C=O) groups is 2. The molecule has 0 radical (unpaired) electrons. The van der Waals surface area contributed by atoms with E-state index in [-0.39, 0.29) is 15.6 Å². The lowest BCUT2D eigenvalue weighted by Crippen LogP contribution is -2.23. The van der Waals surface area contributed by atoms with Gasteiger partial charge in [0.1, 0.15) is 0 Å². The fourth-order valence-corrected chi connectivity index (χ4v) is 2.76. The molecule has 0 aliphatic heterocycles. The summed E-state index contributed by atoms with van der Waals surface area (Å²) in [5.74, 6) is -2.60. The maximum Gasteiger partial charge on any atom is 0.454 e. The minimum Gasteiger partial charge on any atom is -0.321 e. The Labute approximate surface area is 136 Å². The number of amides is 1. The Bertz CT molecular complexity index is 743. The number of alkyl halides is 3. The lowest BCUT2D eigenvalue weighted by molar-refractivity contribution is -0.0885. The van der Waals surface area contributed by atoms with E-state index in [2.05, 4.69) is 5.32 Å². The molecule has 0 bridgehead atoms. The molecule has 1 N–H and O–H groups in total. The third kappa shape index (κ3) is 4.00. The number of ketones is 1. The number of anilines is 1. The second-order valence-corrected chi connectivity index (χ2v) is 6.26. The van der Waals surface area contributed by atoms with Crippen LogP contribution in [0.3, 0.4) is 0 Å². The topological polar surface area (TPSA) is 46.2 Å². The largest absolute Gasteiger partial charge is 0.454 e. The van der Waals surface area contributed by atoms with Crippen molar-refractivity contribution in [3.63, 3.8) is 0 Å². The van der Waals surface area contributed by atoms with Crippen molar-refractivity contribution in [2.75, 3.05) is 5.32 Å². The Kier molecular flexibility index (Phi) is 4.79. The molecule has 0 spiro atoms. The van der Waals surface area contributed by atoms with Gasteiger partial charge in [0.15, 0.2) is 0 Å². The summed E-state index contributed by atoms with van der Waals surface area (Å²) in [6.07, 6.45) is -5.02. The zero-order chi connectivity index (χ0) is 16.5. The van der Waals surface area contributed by atoms with Crippen LogP contribution < -0.4 is 5.32 Å². The molecular formula is C13H6Cl2F3NO2S. The molecule has 9 heteroatoms. The molecule has 1 amide bonds. The number of halogens is 5. The van der Waals surface area contributed by atoms with Crippen molar-refractivity contribution in [1.29, 1.82) is 0 Å². The highest BCUT2D eigenvalue weighted by Gasteiger charge is 2.39. The van der Waals surface area contributed by atoms with E-state index in [9.17, 15) is 22.8 Å². The Balaban J connectivity index is 2.27. The standard InChI is InChI=1S/C13H6Cl2F3NO2S/c14-7-3-6(11(20)13(16,17)18)4-8(5-7)19-12(21)9-1-2-10(15)22-9/h1-5H,(H,19,21). The highest BCUT2D eigenvalue weighted by atomic mass is 35.5. The van der Waals surface area contributed by atoms with Crippen molar-refractivity contribution in [2.24, 2.45) is 0 Å². The van der Waals surface area contributed by atoms with E-state index >= 15 is 0 Å². The van der Waals surface area contributed by atoms with E-state index in [1.54, 1.807) is 0 Å². The summed E-state index contributed by atoms with van der Waals surface area (Å²) in [7, 11) is 0. The van der Waals surface area contributed by atoms with Crippen molar-refractivity contribution in [2.45, 2.75) is 6.18 Å². The minimum absolute atomic E-state index is 0.0189. The quantitative estimate of drug-likeness (QED) is 0.771. The van der Waals surface area contributed by atoms with Crippen LogP contribution in [0.2, 0.25) is 9.36 Å². The second kappa shape index (κ2) is 6.28. The first-order chi connectivity index (χ1) is 10.2. The Morgan fingerprint density at radius 2 is 1.77 bits per heavy atom. The number of benzene rings is 1. The third-order valence-electron chi connectivity index (χ3n) is 2.47. The van der Waals surface area contributed by atoms with Gasteiger partial charge >= 0.3 is 6.18 Å². The van der Waals surface area contributed by atoms with Crippen molar-refractivity contribution in [3.05, 3.63) is 50.1 Å². The van der Waals surface area contributed by atoms with Gasteiger partial charge in [0.05, 0.1) is 9.21 Å². The van der Waals surface area contributed by atoms with Crippen molar-refractivity contribution < 1.29 is 22.8 Å². The lowest BCUT2D eigenvalue weighted by Gasteiger charge is -2.09. The van der Waals surface area contributed by atoms with Gasteiger partial charge in [-0.05, 0) is 30.3 Å². The molecule has 0 atom stereocenters. The molecule has 2 rings (SSSR count). The van der Waals surface area contributed by atoms with E-state index in [4.69, 9.17) is 23.2 Å². The van der Waals surface area contributed by atoms with Crippen LogP contribution in [0.1, 0.15) is 20.0 Å². The Morgan fingerprint density at radius 1 is 1.09 bits per heavy atom. The van der Waals surface area contributed by atoms with Crippen molar-refractivity contribution in [3.8, 4) is 0 Å². The van der Waals surface area contributed by atoms with E-state index in [1.807, 2.05) is 0 Å². The number of hydrogen-bond acceptors (Lipinski definition) is 3. The van der Waals surface area contributed by atoms with Crippen LogP contribution in [0.25, 0.3) is 0 Å². The molecular weight excluding hydrogens is 362 g/mol. The normalized spacial score (nSPS) is 11.3. The monoisotopic (exact) mass is 367 g/mol. The number of Topliss-reactive ketones (excluding diaryl/α,β-unsaturated/α-hetero) is 1. The SMILES string of the molecule is O=C(Nc1cc(Cl)cc(C(=O)C(F)(F)F)c1)c1ccc(Cl)s1. The van der Waals surface area contributed by atoms with Gasteiger partial charge in [-0.2, -0.15) is 13.2 Å². The fraction of sp³-hybridized carbons (Fsp3) is 0.0769. The summed E-state index contributed by atoms with van der Waals surface area (Å²) < 4.78 is 37.7. The molecule has 3 nitrogen and oxygen atoms in total. The number of rotatable bonds is 3. The first kappa shape index (κ1) is 16.8. The molecule has 0 aliphatic rings. The Morgan fingerprint density at radius 3 is 2.32 bits per heavy atom. The average Bonchev–Trinajstić information content (AvgIpc) is 2.83. The maximum atomic E-state index is 12.4. The average molecular weight is 368 g/mol. The van der Waals surface area contributed by atoms with E-state index in [0.717, 1.165) is 23.5 Å². The van der Waals surface area contributed by atoms with Gasteiger partial charge < -0.3 is 5.32 Å². The first-order valence-electron chi connectivity index (χ1n) is 5.65. The number of nitrogens with one attached hydrogen (secondary N) is 1. The molecule has 22 heavy (non-hydrogen) atoms. The summed E-state index contributed by atoms with van der Waals surface area (Å²) >= 11 is 12.4. The van der Waals surface area contributed by atoms with Crippen molar-refractivity contribution in [1.82, 2.24) is 0 Å². The number of hydrogen-bond donors (Lipinski definition) is 1. The van der Waals surface area contributed by atoms with Crippen LogP contribution >= 0.6 is 34.5 Å². The zero-order valence-electron chi connectivity index (χ0n) is 10.5. The molecule has 1 aromatic heterocycles. The molecule has 1 aromatic carbocycles. The van der Waals surface area contributed by atoms with Crippen LogP contribution in [0, 0.1) is 0 Å². The summed E-state index contributed by atoms with van der Waals surface area (Å²) in [6.45, 7) is 0. The van der Waals surface area contributed by atoms with Crippen LogP contribution in [0.4, 0.5) is 18.9 Å². The van der Waals surface area contributed by atoms with Gasteiger partial charge in [-0.25, -0.2) is 0 Å². The molecule has 0 fully saturated rings. The molecule has 116 valence electrons. The number of carbonyl (C=O) groups excluding carboxylic acids is 2. The van der Waals surface area contributed by atoms with E-state index in [0.29, 0.717) is 4.34 Å². The number of thiophene rings is 1. The smallest absolute Gasteiger partial charge is 0.321 e. The van der Waals surface area contributed by atoms with E-state index < -0.39 is 23.4 Å². The predicted octanol–water partition coefficient (Wildman–Crippen LogP) is 5.05. The minimum atomic E-state index is -5.02.